The summed E-state index contributed by atoms with van der Waals surface area (Å²) in [6.45, 7) is 7.15. The standard InChI is InChI=1S/C86H112N12O32S8/c1-13-18-26-67(83(103)123-10)127-71(99)51-95(6)135(115,116)43-22-39-131(107,108)55-30-34-59-63(47-55)79-89-75(59)87-76-61-36-32-57(133(111,112)41-24-45-137(119,120)97(8)53-73(101)129-69(28-20-15-3)85(105)125-12)49-65(61)81(91-76)94-82-66-50-58(134(113,114)42-25-46-138(121,122)98(9)54-74(102)130-70(29-21-16-4)86(106)126-38-17-5)33-37-62(66)78(92-82)88-77-60-35-31-56(48-64(60)80(90-77)93-79)132(109,110)40-23-44-136(117,118)96(7)52-72(100)128-68(27-19-14-2)84(104)124-11/h17,30-37,47-50,67-70H,5,13-16,18-29,38-46,51-54H2,1-4,6-12H3,(H2,87,88,89,90,91,92,93,94). The molecule has 0 saturated heterocycles. The van der Waals surface area contributed by atoms with Crippen LogP contribution in [0.25, 0.3) is 89.7 Å². The molecule has 138 heavy (non-hydrogen) atoms. The van der Waals surface area contributed by atoms with Gasteiger partial charge in [-0.25, -0.2) is 116 Å². The lowest BCUT2D eigenvalue weighted by molar-refractivity contribution is -0.167. The summed E-state index contributed by atoms with van der Waals surface area (Å²) in [7, 11) is -28.4. The molecule has 44 nitrogen and oxygen atoms in total. The third-order valence-corrected chi connectivity index (χ3v) is 36.8. The number of ether oxygens (including phenoxy) is 8. The third-order valence-electron chi connectivity index (χ3n) is 22.1. The quantitative estimate of drug-likeness (QED) is 0.0242. The van der Waals surface area contributed by atoms with Crippen LogP contribution in [0, 0.1) is 0 Å². The Hall–Kier alpha value is -10.8. The fourth-order valence-corrected chi connectivity index (χ4v) is 24.8. The maximum absolute atomic E-state index is 14.7. The number of hydrogen-bond acceptors (Lipinski definition) is 38. The number of benzene rings is 4. The van der Waals surface area contributed by atoms with Crippen molar-refractivity contribution in [1.29, 1.82) is 0 Å². The highest BCUT2D eigenvalue weighted by atomic mass is 32.2. The summed E-state index contributed by atoms with van der Waals surface area (Å²) < 4.78 is 270. The highest BCUT2D eigenvalue weighted by Crippen LogP contribution is 2.41. The second-order valence-electron chi connectivity index (χ2n) is 32.4. The molecule has 3 aromatic heterocycles. The fourth-order valence-electron chi connectivity index (χ4n) is 14.3. The Kier molecular flexibility index (Phi) is 38.5. The van der Waals surface area contributed by atoms with Gasteiger partial charge < -0.3 is 47.9 Å². The van der Waals surface area contributed by atoms with Crippen LogP contribution < -0.4 is 0 Å². The Labute approximate surface area is 800 Å². The summed E-state index contributed by atoms with van der Waals surface area (Å²) >= 11 is 0. The minimum atomic E-state index is -4.56. The molecule has 756 valence electrons. The van der Waals surface area contributed by atoms with Gasteiger partial charge in [-0.15, -0.1) is 0 Å². The van der Waals surface area contributed by atoms with Crippen molar-refractivity contribution in [3.05, 3.63) is 85.5 Å². The van der Waals surface area contributed by atoms with Crippen LogP contribution in [-0.4, -0.2) is 325 Å². The fraction of sp³-hybridized carbons (Fsp3) is 0.512. The number of esters is 8. The van der Waals surface area contributed by atoms with Gasteiger partial charge in [0.2, 0.25) is 40.1 Å². The molecule has 2 aliphatic rings. The predicted molar refractivity (Wildman–Crippen MR) is 503 cm³/mol. The Morgan fingerprint density at radius 2 is 0.572 bits per heavy atom. The predicted octanol–water partition coefficient (Wildman–Crippen LogP) is 6.23. The van der Waals surface area contributed by atoms with Crippen molar-refractivity contribution in [2.75, 3.05) is 128 Å². The number of nitrogens with zero attached hydrogens (tertiary/aromatic N) is 10. The number of methoxy groups -OCH3 is 3. The number of unbranched alkanes of at least 4 members (excludes halogenated alkanes) is 4. The Morgan fingerprint density at radius 3 is 0.833 bits per heavy atom. The van der Waals surface area contributed by atoms with Crippen molar-refractivity contribution in [2.24, 2.45) is 0 Å². The Balaban J connectivity index is 1.17. The van der Waals surface area contributed by atoms with Gasteiger partial charge in [-0.3, -0.25) is 19.2 Å². The molecule has 8 bridgehead atoms. The van der Waals surface area contributed by atoms with Crippen LogP contribution in [0.3, 0.4) is 0 Å². The molecule has 0 fully saturated rings. The van der Waals surface area contributed by atoms with Crippen molar-refractivity contribution in [3.63, 3.8) is 0 Å². The van der Waals surface area contributed by atoms with Crippen LogP contribution in [0.4, 0.5) is 0 Å². The van der Waals surface area contributed by atoms with Crippen molar-refractivity contribution in [3.8, 4) is 45.6 Å². The number of carbonyl (C=O) groups excluding carboxylic acids is 8. The molecule has 0 aliphatic carbocycles. The lowest BCUT2D eigenvalue weighted by Crippen LogP contribution is -2.38. The molecule has 52 heteroatoms. The van der Waals surface area contributed by atoms with Gasteiger partial charge in [0.05, 0.1) is 86.9 Å². The van der Waals surface area contributed by atoms with E-state index in [1.54, 1.807) is 0 Å². The Bertz CT molecular complexity index is 6670. The summed E-state index contributed by atoms with van der Waals surface area (Å²) in [5, 5.41) is 0.00954. The van der Waals surface area contributed by atoms with Crippen LogP contribution in [0.5, 0.6) is 0 Å². The first-order valence-electron chi connectivity index (χ1n) is 43.8. The molecule has 2 aliphatic heterocycles. The summed E-state index contributed by atoms with van der Waals surface area (Å²) in [5.74, 6) is -15.7. The number of sulfonamides is 4. The molecule has 5 heterocycles. The van der Waals surface area contributed by atoms with Gasteiger partial charge in [0.1, 0.15) is 55.4 Å². The van der Waals surface area contributed by atoms with Crippen LogP contribution in [0.1, 0.15) is 130 Å². The molecular weight excluding hydrogens is 1970 g/mol. The van der Waals surface area contributed by atoms with Gasteiger partial charge >= 0.3 is 47.8 Å². The number of aromatic nitrogens is 8. The summed E-state index contributed by atoms with van der Waals surface area (Å²) in [6, 6.07) is 14.5. The van der Waals surface area contributed by atoms with E-state index in [9.17, 15) is 106 Å². The van der Waals surface area contributed by atoms with Crippen LogP contribution in [0.15, 0.2) is 105 Å². The molecule has 4 aromatic carbocycles. The molecule has 0 spiro atoms. The number of rotatable bonds is 54. The van der Waals surface area contributed by atoms with E-state index in [1.165, 1.54) is 36.4 Å². The van der Waals surface area contributed by atoms with E-state index in [-0.39, 0.29) is 122 Å². The second kappa shape index (κ2) is 47.9. The number of aromatic amines is 2. The SMILES string of the molecule is C=CCOC(=O)C(CCCC)OC(=O)CN(C)S(=O)(=O)CCCS(=O)(=O)c1ccc2c3nc4nc(nc5[nH]c(nc6nc(nc([nH]3)c2c1)-c1cc(S(=O)(=O)CCCS(=O)(=O)N(C)CC(=O)OC(CCCC)C(=O)OC)ccc1-6)c1ccc(S(=O)(=O)CCCS(=O)(=O)N(C)CC(=O)OC(CCCC)C(=O)OC)cc51)-c1cc(S(=O)(=O)CCCS(=O)(=O)N(C)CC(=O)OC(CCCC)C(=O)OC)ccc1-4. The second-order valence-corrected chi connectivity index (χ2v) is 49.6. The van der Waals surface area contributed by atoms with Gasteiger partial charge in [-0.05, 0) is 150 Å². The lowest BCUT2D eigenvalue weighted by Gasteiger charge is -2.20. The average Bonchev–Trinajstić information content (AvgIpc) is 1.59. The smallest absolute Gasteiger partial charge is 0.347 e. The van der Waals surface area contributed by atoms with Crippen molar-refractivity contribution in [1.82, 2.24) is 57.1 Å². The zero-order chi connectivity index (χ0) is 102. The van der Waals surface area contributed by atoms with Gasteiger partial charge in [0.15, 0.2) is 87.1 Å². The molecule has 4 atom stereocenters. The first-order valence-corrected chi connectivity index (χ1v) is 56.8. The molecule has 0 radical (unpaired) electrons. The molecular formula is C86H112N12O32S8. The van der Waals surface area contributed by atoms with Gasteiger partial charge in [-0.1, -0.05) is 66.0 Å². The minimum Gasteiger partial charge on any atom is -0.466 e. The Morgan fingerprint density at radius 1 is 0.326 bits per heavy atom. The summed E-state index contributed by atoms with van der Waals surface area (Å²) in [6.07, 6.45) is -1.66. The molecule has 0 amide bonds. The highest BCUT2D eigenvalue weighted by Gasteiger charge is 2.36. The van der Waals surface area contributed by atoms with Gasteiger partial charge in [-0.2, -0.15) is 17.2 Å². The number of H-pyrrole nitrogens is 2. The summed E-state index contributed by atoms with van der Waals surface area (Å²) in [4.78, 5) is 136. The maximum atomic E-state index is 14.7. The first-order chi connectivity index (χ1) is 64.9. The lowest BCUT2D eigenvalue weighted by atomic mass is 10.1. The molecule has 7 aromatic rings. The molecule has 9 rings (SSSR count). The van der Waals surface area contributed by atoms with Gasteiger partial charge in [0.25, 0.3) is 0 Å². The first kappa shape index (κ1) is 111. The van der Waals surface area contributed by atoms with E-state index >= 15 is 0 Å². The van der Waals surface area contributed by atoms with E-state index < -0.39 is 269 Å². The van der Waals surface area contributed by atoms with E-state index in [0.717, 1.165) is 92.0 Å². The van der Waals surface area contributed by atoms with E-state index in [4.69, 9.17) is 67.8 Å². The monoisotopic (exact) mass is 2080 g/mol. The van der Waals surface area contributed by atoms with Crippen molar-refractivity contribution >= 4 is 171 Å². The number of fused-ring (bicyclic) bond motifs is 20. The number of nitrogens with one attached hydrogen (secondary N) is 2. The topological polar surface area (TPSA) is 605 Å². The number of likely N-dealkylation sites (N-methyl/N-ethyl adjacent to an activating group) is 4. The van der Waals surface area contributed by atoms with Gasteiger partial charge in [0, 0.05) is 72.0 Å². The molecule has 0 saturated carbocycles. The largest absolute Gasteiger partial charge is 0.466 e. The normalized spacial score (nSPS) is 13.6. The van der Waals surface area contributed by atoms with Crippen LogP contribution in [-0.2, 0) is 156 Å². The number of hydrogen-bond donors (Lipinski definition) is 2. The zero-order valence-electron chi connectivity index (χ0n) is 77.8. The van der Waals surface area contributed by atoms with Crippen molar-refractivity contribution in [2.45, 2.75) is 174 Å². The average molecular weight is 2080 g/mol. The number of sulfone groups is 4. The van der Waals surface area contributed by atoms with E-state index in [0.29, 0.717) is 68.6 Å². The highest BCUT2D eigenvalue weighted by molar-refractivity contribution is 7.93. The third kappa shape index (κ3) is 28.7. The molecule has 2 N–H and O–H groups in total. The zero-order valence-corrected chi connectivity index (χ0v) is 84.4. The van der Waals surface area contributed by atoms with E-state index in [1.807, 2.05) is 27.7 Å². The number of carbonyl (C=O) groups is 8. The summed E-state index contributed by atoms with van der Waals surface area (Å²) in [5.41, 5.74) is -0.960. The van der Waals surface area contributed by atoms with E-state index in [2.05, 4.69) is 16.5 Å². The molecule has 4 unspecified atom stereocenters. The maximum Gasteiger partial charge on any atom is 0.347 e. The minimum absolute atomic E-state index is 0.0356. The van der Waals surface area contributed by atoms with Crippen molar-refractivity contribution < 1.29 is 144 Å². The van der Waals surface area contributed by atoms with Crippen LogP contribution in [0.2, 0.25) is 0 Å². The van der Waals surface area contributed by atoms with Crippen LogP contribution >= 0.6 is 0 Å².